The van der Waals surface area contributed by atoms with Gasteiger partial charge in [0.25, 0.3) is 0 Å². The molecular formula is C35H53N7O10. The number of aromatic hydroxyl groups is 2. The average molecular weight is 732 g/mol. The van der Waals surface area contributed by atoms with Gasteiger partial charge in [-0.25, -0.2) is 0 Å². The van der Waals surface area contributed by atoms with Gasteiger partial charge >= 0.3 is 23.9 Å². The van der Waals surface area contributed by atoms with Crippen LogP contribution in [-0.4, -0.2) is 194 Å². The largest absolute Gasteiger partial charge is 0.508 e. The van der Waals surface area contributed by atoms with Crippen LogP contribution in [0, 0.1) is 0 Å². The van der Waals surface area contributed by atoms with Gasteiger partial charge in [0.05, 0.1) is 31.6 Å². The van der Waals surface area contributed by atoms with E-state index in [-0.39, 0.29) is 37.4 Å². The highest BCUT2D eigenvalue weighted by Crippen LogP contribution is 2.18. The third kappa shape index (κ3) is 16.8. The zero-order chi connectivity index (χ0) is 37.9. The Morgan fingerprint density at radius 1 is 0.500 bits per heavy atom. The van der Waals surface area contributed by atoms with Crippen LogP contribution in [0.15, 0.2) is 42.6 Å². The Bertz CT molecular complexity index is 1330. The van der Waals surface area contributed by atoms with Crippen molar-refractivity contribution in [3.8, 4) is 11.5 Å². The predicted molar refractivity (Wildman–Crippen MR) is 190 cm³/mol. The molecule has 4 rings (SSSR count). The maximum atomic E-state index is 11.1. The fourth-order valence-electron chi connectivity index (χ4n) is 5.99. The highest BCUT2D eigenvalue weighted by atomic mass is 16.4. The molecular weight excluding hydrogens is 678 g/mol. The van der Waals surface area contributed by atoms with Crippen molar-refractivity contribution in [1.29, 1.82) is 0 Å². The first kappa shape index (κ1) is 42.0. The van der Waals surface area contributed by atoms with Crippen molar-refractivity contribution in [3.05, 3.63) is 53.9 Å². The van der Waals surface area contributed by atoms with Crippen LogP contribution in [0.5, 0.6) is 11.5 Å². The number of rotatable bonds is 14. The van der Waals surface area contributed by atoms with Crippen LogP contribution in [0.4, 0.5) is 0 Å². The number of carbonyl (C=O) groups is 4. The fourth-order valence-corrected chi connectivity index (χ4v) is 5.99. The van der Waals surface area contributed by atoms with E-state index in [0.717, 1.165) is 12.1 Å². The predicted octanol–water partition coefficient (Wildman–Crippen LogP) is 0.137. The van der Waals surface area contributed by atoms with Crippen molar-refractivity contribution >= 4 is 23.9 Å². The van der Waals surface area contributed by atoms with Gasteiger partial charge in [0.1, 0.15) is 11.5 Å². The average Bonchev–Trinajstić information content (AvgIpc) is 3.24. The summed E-state index contributed by atoms with van der Waals surface area (Å²) in [7, 11) is 0. The minimum Gasteiger partial charge on any atom is -0.508 e. The quantitative estimate of drug-likeness (QED) is 0.152. The van der Waals surface area contributed by atoms with E-state index in [2.05, 4.69) is 19.7 Å². The number of aromatic nitrogens is 1. The second kappa shape index (κ2) is 22.5. The lowest BCUT2D eigenvalue weighted by Gasteiger charge is -2.25. The summed E-state index contributed by atoms with van der Waals surface area (Å²) < 4.78 is 0. The monoisotopic (exact) mass is 731 g/mol. The van der Waals surface area contributed by atoms with Gasteiger partial charge < -0.3 is 40.4 Å². The van der Waals surface area contributed by atoms with Gasteiger partial charge in [0, 0.05) is 116 Å². The van der Waals surface area contributed by atoms with Crippen molar-refractivity contribution in [2.45, 2.75) is 25.9 Å². The van der Waals surface area contributed by atoms with Gasteiger partial charge in [-0.2, -0.15) is 0 Å². The number of hydrogen-bond acceptors (Lipinski definition) is 13. The van der Waals surface area contributed by atoms with Gasteiger partial charge in [-0.15, -0.1) is 0 Å². The van der Waals surface area contributed by atoms with Crippen molar-refractivity contribution < 1.29 is 49.8 Å². The zero-order valence-corrected chi connectivity index (χ0v) is 29.6. The minimum atomic E-state index is -0.879. The van der Waals surface area contributed by atoms with Crippen molar-refractivity contribution in [3.63, 3.8) is 0 Å². The first-order chi connectivity index (χ1) is 24.9. The van der Waals surface area contributed by atoms with E-state index in [1.807, 2.05) is 26.8 Å². The molecule has 17 nitrogen and oxygen atoms in total. The molecule has 0 aliphatic carbocycles. The van der Waals surface area contributed by atoms with Gasteiger partial charge in [0.15, 0.2) is 0 Å². The molecule has 17 heteroatoms. The number of hydrogen-bond donors (Lipinski definition) is 6. The van der Waals surface area contributed by atoms with Crippen LogP contribution < -0.4 is 0 Å². The Morgan fingerprint density at radius 3 is 1.33 bits per heavy atom. The van der Waals surface area contributed by atoms with Gasteiger partial charge in [-0.05, 0) is 18.2 Å². The van der Waals surface area contributed by atoms with Crippen LogP contribution in [0.25, 0.3) is 0 Å². The lowest BCUT2D eigenvalue weighted by Crippen LogP contribution is -2.39. The molecule has 0 atom stereocenters. The van der Waals surface area contributed by atoms with E-state index >= 15 is 0 Å². The maximum Gasteiger partial charge on any atom is 0.317 e. The van der Waals surface area contributed by atoms with Crippen molar-refractivity contribution in [2.24, 2.45) is 0 Å². The summed E-state index contributed by atoms with van der Waals surface area (Å²) in [5.74, 6) is -3.04. The van der Waals surface area contributed by atoms with E-state index in [1.165, 1.54) is 0 Å². The van der Waals surface area contributed by atoms with Crippen LogP contribution >= 0.6 is 0 Å². The Kier molecular flexibility index (Phi) is 18.2. The lowest BCUT2D eigenvalue weighted by molar-refractivity contribution is -0.139. The number of aliphatic carboxylic acids is 4. The highest BCUT2D eigenvalue weighted by molar-refractivity contribution is 5.69. The molecule has 2 aliphatic rings. The van der Waals surface area contributed by atoms with Crippen LogP contribution in [0.1, 0.15) is 24.1 Å². The van der Waals surface area contributed by atoms with Gasteiger partial charge in [0.2, 0.25) is 0 Å². The SMILES string of the molecule is O=C(O)CCN1CCN(CC(=O)O)CCN(Cc2ccccc2O)CC1.O=C(O)CCN1CCN(CC(=O)O)CCN(Cc2ncccc2O)CC1. The molecule has 3 heterocycles. The molecule has 0 spiro atoms. The molecule has 0 unspecified atom stereocenters. The van der Waals surface area contributed by atoms with E-state index in [1.54, 1.807) is 30.5 Å². The Labute approximate surface area is 303 Å². The summed E-state index contributed by atoms with van der Waals surface area (Å²) in [6.07, 6.45) is 1.75. The van der Waals surface area contributed by atoms with Gasteiger partial charge in [-0.3, -0.25) is 43.8 Å². The molecule has 288 valence electrons. The molecule has 2 fully saturated rings. The first-order valence-corrected chi connectivity index (χ1v) is 17.5. The number of carboxylic acid groups (broad SMARTS) is 4. The van der Waals surface area contributed by atoms with E-state index in [0.29, 0.717) is 104 Å². The molecule has 0 saturated carbocycles. The molecule has 2 aliphatic heterocycles. The number of benzene rings is 1. The van der Waals surface area contributed by atoms with E-state index in [9.17, 15) is 29.4 Å². The molecule has 2 saturated heterocycles. The van der Waals surface area contributed by atoms with Crippen LogP contribution in [0.3, 0.4) is 0 Å². The second-order valence-electron chi connectivity index (χ2n) is 13.0. The Morgan fingerprint density at radius 2 is 0.904 bits per heavy atom. The normalized spacial score (nSPS) is 18.0. The topological polar surface area (TPSA) is 222 Å². The van der Waals surface area contributed by atoms with Crippen molar-refractivity contribution in [2.75, 3.05) is 105 Å². The molecule has 2 aromatic rings. The second-order valence-corrected chi connectivity index (χ2v) is 13.0. The number of carboxylic acids is 4. The third-order valence-electron chi connectivity index (χ3n) is 9.02. The Balaban J connectivity index is 0.000000280. The number of nitrogens with zero attached hydrogens (tertiary/aromatic N) is 7. The molecule has 0 radical (unpaired) electrons. The summed E-state index contributed by atoms with van der Waals surface area (Å²) in [4.78, 5) is 60.2. The molecule has 1 aromatic heterocycles. The summed E-state index contributed by atoms with van der Waals surface area (Å²) >= 11 is 0. The highest BCUT2D eigenvalue weighted by Gasteiger charge is 2.21. The summed E-state index contributed by atoms with van der Waals surface area (Å²) in [5, 5.41) is 56.0. The number of pyridine rings is 1. The minimum absolute atomic E-state index is 0.0306. The third-order valence-corrected chi connectivity index (χ3v) is 9.02. The standard InChI is InChI=1S/C18H27N3O5.C17H26N4O5/c22-16-4-2-1-3-15(16)13-20-9-7-19(6-5-17(23)24)8-10-21(12-11-20)14-18(25)26;22-15-2-1-4-18-14(15)12-20-8-6-19(5-3-16(23)24)7-9-21(11-10-20)13-17(25)26/h1-4,22H,5-14H2,(H,23,24)(H,25,26);1-2,4,22H,3,5-13H2,(H,23,24)(H,25,26). The van der Waals surface area contributed by atoms with E-state index in [4.69, 9.17) is 20.4 Å². The van der Waals surface area contributed by atoms with Crippen molar-refractivity contribution in [1.82, 2.24) is 34.4 Å². The molecule has 0 amide bonds. The zero-order valence-electron chi connectivity index (χ0n) is 29.6. The van der Waals surface area contributed by atoms with Crippen LogP contribution in [0.2, 0.25) is 0 Å². The Hall–Kier alpha value is -4.39. The summed E-state index contributed by atoms with van der Waals surface area (Å²) in [5.41, 5.74) is 1.40. The fraction of sp³-hybridized carbons (Fsp3) is 0.571. The smallest absolute Gasteiger partial charge is 0.317 e. The lowest BCUT2D eigenvalue weighted by atomic mass is 10.2. The van der Waals surface area contributed by atoms with Crippen LogP contribution in [-0.2, 0) is 32.3 Å². The number of phenols is 1. The van der Waals surface area contributed by atoms with Gasteiger partial charge in [-0.1, -0.05) is 18.2 Å². The van der Waals surface area contributed by atoms with E-state index < -0.39 is 23.9 Å². The first-order valence-electron chi connectivity index (χ1n) is 17.5. The molecule has 0 bridgehead atoms. The number of phenolic OH excluding ortho intramolecular Hbond substituents is 1. The molecule has 52 heavy (non-hydrogen) atoms. The molecule has 1 aromatic carbocycles. The summed E-state index contributed by atoms with van der Waals surface area (Å²) in [6, 6.07) is 10.4. The maximum absolute atomic E-state index is 11.1. The number of para-hydroxylation sites is 1. The molecule has 6 N–H and O–H groups in total. The summed E-state index contributed by atoms with van der Waals surface area (Å²) in [6.45, 7) is 9.63.